The van der Waals surface area contributed by atoms with Gasteiger partial charge in [-0.15, -0.1) is 0 Å². The summed E-state index contributed by atoms with van der Waals surface area (Å²) in [5, 5.41) is 0. The summed E-state index contributed by atoms with van der Waals surface area (Å²) in [4.78, 5) is 14.8. The molecule has 2 nitrogen and oxygen atoms in total. The maximum atomic E-state index is 12.7. The summed E-state index contributed by atoms with van der Waals surface area (Å²) in [6.45, 7) is 12.8. The predicted octanol–water partition coefficient (Wildman–Crippen LogP) is 3.99. The van der Waals surface area contributed by atoms with Crippen LogP contribution in [0, 0.1) is 5.92 Å². The first-order valence-electron chi connectivity index (χ1n) is 6.98. The van der Waals surface area contributed by atoms with Crippen LogP contribution in [0.3, 0.4) is 0 Å². The molecule has 0 aromatic heterocycles. The van der Waals surface area contributed by atoms with Gasteiger partial charge < -0.3 is 4.90 Å². The zero-order valence-corrected chi connectivity index (χ0v) is 12.5. The molecule has 0 aliphatic heterocycles. The van der Waals surface area contributed by atoms with Crippen molar-refractivity contribution in [1.29, 1.82) is 0 Å². The summed E-state index contributed by atoms with van der Waals surface area (Å²) < 4.78 is 0. The lowest BCUT2D eigenvalue weighted by Gasteiger charge is -2.47. The van der Waals surface area contributed by atoms with E-state index in [0.717, 1.165) is 12.8 Å². The molecule has 1 saturated carbocycles. The Morgan fingerprint density at radius 1 is 0.882 bits per heavy atom. The Bertz CT molecular complexity index is 250. The van der Waals surface area contributed by atoms with Gasteiger partial charge in [0.05, 0.1) is 0 Å². The highest BCUT2D eigenvalue weighted by atomic mass is 16.2. The smallest absolute Gasteiger partial charge is 0.226 e. The molecule has 0 radical (unpaired) electrons. The zero-order chi connectivity index (χ0) is 13.3. The molecule has 100 valence electrons. The van der Waals surface area contributed by atoms with Crippen molar-refractivity contribution < 1.29 is 4.79 Å². The summed E-state index contributed by atoms with van der Waals surface area (Å²) in [5.74, 6) is 0.631. The lowest BCUT2D eigenvalue weighted by Crippen LogP contribution is -2.57. The summed E-state index contributed by atoms with van der Waals surface area (Å²) in [6, 6.07) is 0. The second-order valence-corrected chi connectivity index (χ2v) is 7.35. The van der Waals surface area contributed by atoms with Crippen molar-refractivity contribution in [1.82, 2.24) is 4.90 Å². The number of amides is 1. The Labute approximate surface area is 107 Å². The summed E-state index contributed by atoms with van der Waals surface area (Å²) in [6.07, 6.45) is 5.91. The second kappa shape index (κ2) is 4.99. The molecule has 2 heteroatoms. The molecule has 0 saturated heterocycles. The Balaban J connectivity index is 2.87. The highest BCUT2D eigenvalue weighted by molar-refractivity contribution is 5.80. The SMILES string of the molecule is CC(C)(C)N(C(=O)C1CCCCC1)C(C)(C)C. The van der Waals surface area contributed by atoms with Crippen LogP contribution in [-0.4, -0.2) is 21.9 Å². The van der Waals surface area contributed by atoms with Crippen LogP contribution in [-0.2, 0) is 4.79 Å². The molecule has 0 heterocycles. The monoisotopic (exact) mass is 239 g/mol. The van der Waals surface area contributed by atoms with E-state index in [4.69, 9.17) is 0 Å². The van der Waals surface area contributed by atoms with Gasteiger partial charge in [0.2, 0.25) is 5.91 Å². The zero-order valence-electron chi connectivity index (χ0n) is 12.5. The molecular weight excluding hydrogens is 210 g/mol. The molecular formula is C15H29NO. The molecule has 0 bridgehead atoms. The van der Waals surface area contributed by atoms with Gasteiger partial charge in [0.25, 0.3) is 0 Å². The van der Waals surface area contributed by atoms with Gasteiger partial charge in [-0.1, -0.05) is 19.3 Å². The fraction of sp³-hybridized carbons (Fsp3) is 0.933. The van der Waals surface area contributed by atoms with Crippen LogP contribution in [0.25, 0.3) is 0 Å². The molecule has 17 heavy (non-hydrogen) atoms. The minimum absolute atomic E-state index is 0.0905. The van der Waals surface area contributed by atoms with E-state index in [9.17, 15) is 4.79 Å². The van der Waals surface area contributed by atoms with E-state index in [0.29, 0.717) is 5.91 Å². The third-order valence-corrected chi connectivity index (χ3v) is 3.52. The molecule has 1 aliphatic carbocycles. The van der Waals surface area contributed by atoms with Crippen LogP contribution >= 0.6 is 0 Å². The number of carbonyl (C=O) groups excluding carboxylic acids is 1. The van der Waals surface area contributed by atoms with Gasteiger partial charge in [-0.25, -0.2) is 0 Å². The number of hydrogen-bond donors (Lipinski definition) is 0. The highest BCUT2D eigenvalue weighted by Gasteiger charge is 2.38. The molecule has 1 rings (SSSR count). The van der Waals surface area contributed by atoms with Crippen LogP contribution in [0.4, 0.5) is 0 Å². The number of hydrogen-bond acceptors (Lipinski definition) is 1. The van der Waals surface area contributed by atoms with Gasteiger partial charge in [-0.2, -0.15) is 0 Å². The minimum atomic E-state index is -0.0905. The Hall–Kier alpha value is -0.530. The van der Waals surface area contributed by atoms with E-state index in [1.807, 2.05) is 0 Å². The first-order chi connectivity index (χ1) is 7.64. The molecule has 0 aromatic carbocycles. The molecule has 0 aromatic rings. The van der Waals surface area contributed by atoms with Crippen molar-refractivity contribution >= 4 is 5.91 Å². The van der Waals surface area contributed by atoms with Gasteiger partial charge in [-0.3, -0.25) is 4.79 Å². The minimum Gasteiger partial charge on any atom is -0.333 e. The summed E-state index contributed by atoms with van der Waals surface area (Å²) >= 11 is 0. The van der Waals surface area contributed by atoms with Crippen molar-refractivity contribution in [3.8, 4) is 0 Å². The van der Waals surface area contributed by atoms with Gasteiger partial charge in [0.15, 0.2) is 0 Å². The number of nitrogens with zero attached hydrogens (tertiary/aromatic N) is 1. The molecule has 1 fully saturated rings. The fourth-order valence-corrected chi connectivity index (χ4v) is 3.20. The van der Waals surface area contributed by atoms with Crippen LogP contribution in [0.1, 0.15) is 73.6 Å². The quantitative estimate of drug-likeness (QED) is 0.677. The topological polar surface area (TPSA) is 20.3 Å². The van der Waals surface area contributed by atoms with Crippen molar-refractivity contribution in [3.05, 3.63) is 0 Å². The number of rotatable bonds is 1. The standard InChI is InChI=1S/C15H29NO/c1-14(2,3)16(15(4,5)6)13(17)12-10-8-7-9-11-12/h12H,7-11H2,1-6H3. The normalized spacial score (nSPS) is 19.2. The van der Waals surface area contributed by atoms with Gasteiger partial charge in [0, 0.05) is 17.0 Å². The van der Waals surface area contributed by atoms with Crippen molar-refractivity contribution in [3.63, 3.8) is 0 Å². The molecule has 1 amide bonds. The Morgan fingerprint density at radius 2 is 1.29 bits per heavy atom. The Kier molecular flexibility index (Phi) is 4.27. The van der Waals surface area contributed by atoms with E-state index >= 15 is 0 Å². The molecule has 0 N–H and O–H groups in total. The molecule has 1 aliphatic rings. The van der Waals surface area contributed by atoms with E-state index in [2.05, 4.69) is 46.4 Å². The summed E-state index contributed by atoms with van der Waals surface area (Å²) in [7, 11) is 0. The third-order valence-electron chi connectivity index (χ3n) is 3.52. The first kappa shape index (κ1) is 14.5. The van der Waals surface area contributed by atoms with Crippen LogP contribution in [0.5, 0.6) is 0 Å². The van der Waals surface area contributed by atoms with E-state index < -0.39 is 0 Å². The first-order valence-corrected chi connectivity index (χ1v) is 6.98. The van der Waals surface area contributed by atoms with E-state index in [1.54, 1.807) is 0 Å². The molecule has 0 atom stereocenters. The van der Waals surface area contributed by atoms with E-state index in [-0.39, 0.29) is 17.0 Å². The van der Waals surface area contributed by atoms with Crippen molar-refractivity contribution in [2.75, 3.05) is 0 Å². The molecule has 0 unspecified atom stereocenters. The average molecular weight is 239 g/mol. The van der Waals surface area contributed by atoms with Crippen LogP contribution < -0.4 is 0 Å². The van der Waals surface area contributed by atoms with Crippen LogP contribution in [0.15, 0.2) is 0 Å². The largest absolute Gasteiger partial charge is 0.333 e. The van der Waals surface area contributed by atoms with Gasteiger partial charge in [0.1, 0.15) is 0 Å². The maximum Gasteiger partial charge on any atom is 0.226 e. The predicted molar refractivity (Wildman–Crippen MR) is 72.9 cm³/mol. The Morgan fingerprint density at radius 3 is 1.65 bits per heavy atom. The average Bonchev–Trinajstić information content (AvgIpc) is 2.14. The third kappa shape index (κ3) is 3.72. The van der Waals surface area contributed by atoms with Gasteiger partial charge >= 0.3 is 0 Å². The second-order valence-electron chi connectivity index (χ2n) is 7.35. The fourth-order valence-electron chi connectivity index (χ4n) is 3.20. The molecule has 0 spiro atoms. The maximum absolute atomic E-state index is 12.7. The van der Waals surface area contributed by atoms with Gasteiger partial charge in [-0.05, 0) is 54.4 Å². The van der Waals surface area contributed by atoms with Crippen molar-refractivity contribution in [2.24, 2.45) is 5.92 Å². The van der Waals surface area contributed by atoms with Crippen molar-refractivity contribution in [2.45, 2.75) is 84.7 Å². The van der Waals surface area contributed by atoms with E-state index in [1.165, 1.54) is 19.3 Å². The van der Waals surface area contributed by atoms with Crippen LogP contribution in [0.2, 0.25) is 0 Å². The number of carbonyl (C=O) groups is 1. The lowest BCUT2D eigenvalue weighted by molar-refractivity contribution is -0.148. The lowest BCUT2D eigenvalue weighted by atomic mass is 9.85. The highest BCUT2D eigenvalue weighted by Crippen LogP contribution is 2.32. The summed E-state index contributed by atoms with van der Waals surface area (Å²) in [5.41, 5.74) is -0.181.